The number of aliphatic hydroxyl groups is 1. The summed E-state index contributed by atoms with van der Waals surface area (Å²) in [5.41, 5.74) is 2.03. The molecule has 0 radical (unpaired) electrons. The van der Waals surface area contributed by atoms with Gasteiger partial charge in [-0.2, -0.15) is 0 Å². The molecule has 1 unspecified atom stereocenters. The van der Waals surface area contributed by atoms with Crippen molar-refractivity contribution in [3.8, 4) is 5.75 Å². The van der Waals surface area contributed by atoms with Crippen molar-refractivity contribution in [2.75, 3.05) is 6.54 Å². The monoisotopic (exact) mass is 223 g/mol. The number of nitrogens with one attached hydrogen (secondary N) is 1. The molecular formula is C12H17NO3. The summed E-state index contributed by atoms with van der Waals surface area (Å²) in [6.07, 6.45) is -1.13. The van der Waals surface area contributed by atoms with E-state index in [0.717, 1.165) is 11.1 Å². The van der Waals surface area contributed by atoms with Crippen LogP contribution in [0.15, 0.2) is 18.2 Å². The molecule has 0 saturated carbocycles. The van der Waals surface area contributed by atoms with E-state index in [1.165, 1.54) is 0 Å². The average molecular weight is 223 g/mol. The van der Waals surface area contributed by atoms with Crippen molar-refractivity contribution in [2.45, 2.75) is 26.9 Å². The molecule has 1 rings (SSSR count). The van der Waals surface area contributed by atoms with E-state index in [0.29, 0.717) is 5.75 Å². The minimum Gasteiger partial charge on any atom is -0.410 e. The zero-order chi connectivity index (χ0) is 12.1. The molecule has 0 bridgehead atoms. The van der Waals surface area contributed by atoms with Crippen LogP contribution in [0.4, 0.5) is 4.79 Å². The fraction of sp³-hybridized carbons (Fsp3) is 0.417. The second-order valence-corrected chi connectivity index (χ2v) is 3.89. The summed E-state index contributed by atoms with van der Waals surface area (Å²) in [4.78, 5) is 11.3. The number of hydrogen-bond acceptors (Lipinski definition) is 3. The molecule has 4 nitrogen and oxygen atoms in total. The molecule has 1 aromatic carbocycles. The Bertz CT molecular complexity index is 375. The number of aliphatic hydroxyl groups excluding tert-OH is 1. The van der Waals surface area contributed by atoms with Crippen LogP contribution in [-0.2, 0) is 0 Å². The van der Waals surface area contributed by atoms with E-state index in [1.54, 1.807) is 13.0 Å². The molecule has 1 amide bonds. The maximum Gasteiger partial charge on any atom is 0.412 e. The Morgan fingerprint density at radius 3 is 2.75 bits per heavy atom. The van der Waals surface area contributed by atoms with Crippen LogP contribution in [0.5, 0.6) is 5.75 Å². The lowest BCUT2D eigenvalue weighted by atomic mass is 10.1. The predicted octanol–water partition coefficient (Wildman–Crippen LogP) is 1.77. The first kappa shape index (κ1) is 12.5. The zero-order valence-electron chi connectivity index (χ0n) is 9.78. The van der Waals surface area contributed by atoms with Gasteiger partial charge in [-0.25, -0.2) is 4.79 Å². The van der Waals surface area contributed by atoms with Crippen LogP contribution in [0.1, 0.15) is 18.1 Å². The van der Waals surface area contributed by atoms with Gasteiger partial charge in [0, 0.05) is 6.54 Å². The molecule has 1 atom stereocenters. The van der Waals surface area contributed by atoms with Gasteiger partial charge in [0.1, 0.15) is 5.75 Å². The van der Waals surface area contributed by atoms with Gasteiger partial charge in [0.2, 0.25) is 0 Å². The molecule has 4 heteroatoms. The molecule has 1 aromatic rings. The molecule has 0 saturated heterocycles. The maximum atomic E-state index is 11.3. The van der Waals surface area contributed by atoms with Gasteiger partial charge < -0.3 is 15.2 Å². The largest absolute Gasteiger partial charge is 0.412 e. The molecule has 0 fully saturated rings. The third-order valence-corrected chi connectivity index (χ3v) is 2.07. The average Bonchev–Trinajstić information content (AvgIpc) is 2.19. The van der Waals surface area contributed by atoms with Crippen molar-refractivity contribution in [3.63, 3.8) is 0 Å². The fourth-order valence-electron chi connectivity index (χ4n) is 1.28. The molecule has 0 aromatic heterocycles. The van der Waals surface area contributed by atoms with E-state index in [1.807, 2.05) is 26.0 Å². The Labute approximate surface area is 95.2 Å². The highest BCUT2D eigenvalue weighted by molar-refractivity contribution is 5.70. The van der Waals surface area contributed by atoms with E-state index in [4.69, 9.17) is 9.84 Å². The summed E-state index contributed by atoms with van der Waals surface area (Å²) >= 11 is 0. The molecule has 0 spiro atoms. The number of carbonyl (C=O) groups excluding carboxylic acids is 1. The van der Waals surface area contributed by atoms with Gasteiger partial charge in [-0.3, -0.25) is 0 Å². The lowest BCUT2D eigenvalue weighted by Gasteiger charge is -2.10. The van der Waals surface area contributed by atoms with Crippen LogP contribution in [0.25, 0.3) is 0 Å². The van der Waals surface area contributed by atoms with Crippen LogP contribution in [0.3, 0.4) is 0 Å². The number of carbonyl (C=O) groups is 1. The van der Waals surface area contributed by atoms with Crippen molar-refractivity contribution >= 4 is 6.09 Å². The minimum atomic E-state index is -0.577. The topological polar surface area (TPSA) is 58.6 Å². The number of rotatable bonds is 3. The lowest BCUT2D eigenvalue weighted by Crippen LogP contribution is -2.32. The highest BCUT2D eigenvalue weighted by Crippen LogP contribution is 2.18. The minimum absolute atomic E-state index is 0.184. The highest BCUT2D eigenvalue weighted by atomic mass is 16.6. The second kappa shape index (κ2) is 5.51. The van der Waals surface area contributed by atoms with Crippen LogP contribution < -0.4 is 10.1 Å². The zero-order valence-corrected chi connectivity index (χ0v) is 9.78. The Morgan fingerprint density at radius 1 is 1.50 bits per heavy atom. The quantitative estimate of drug-likeness (QED) is 0.821. The predicted molar refractivity (Wildman–Crippen MR) is 61.6 cm³/mol. The second-order valence-electron chi connectivity index (χ2n) is 3.89. The number of aryl methyl sites for hydroxylation is 2. The summed E-state index contributed by atoms with van der Waals surface area (Å²) < 4.78 is 5.09. The van der Waals surface area contributed by atoms with Crippen molar-refractivity contribution in [1.82, 2.24) is 5.32 Å². The third-order valence-electron chi connectivity index (χ3n) is 2.07. The first-order chi connectivity index (χ1) is 7.49. The lowest BCUT2D eigenvalue weighted by molar-refractivity contribution is 0.172. The van der Waals surface area contributed by atoms with Gasteiger partial charge in [-0.05, 0) is 32.4 Å². The fourth-order valence-corrected chi connectivity index (χ4v) is 1.28. The Balaban J connectivity index is 2.56. The highest BCUT2D eigenvalue weighted by Gasteiger charge is 2.07. The molecule has 0 aliphatic heterocycles. The summed E-state index contributed by atoms with van der Waals surface area (Å²) in [5, 5.41) is 11.4. The van der Waals surface area contributed by atoms with Crippen molar-refractivity contribution in [3.05, 3.63) is 29.3 Å². The Hall–Kier alpha value is -1.55. The number of hydrogen-bond donors (Lipinski definition) is 2. The van der Waals surface area contributed by atoms with Gasteiger partial charge in [-0.1, -0.05) is 17.7 Å². The maximum absolute atomic E-state index is 11.3. The Kier molecular flexibility index (Phi) is 4.31. The van der Waals surface area contributed by atoms with Gasteiger partial charge in [-0.15, -0.1) is 0 Å². The SMILES string of the molecule is Cc1ccc(OC(=O)NCC(C)O)c(C)c1. The molecule has 2 N–H and O–H groups in total. The smallest absolute Gasteiger partial charge is 0.410 e. The number of ether oxygens (including phenoxy) is 1. The number of amides is 1. The van der Waals surface area contributed by atoms with Crippen molar-refractivity contribution < 1.29 is 14.6 Å². The molecule has 16 heavy (non-hydrogen) atoms. The van der Waals surface area contributed by atoms with E-state index < -0.39 is 12.2 Å². The Morgan fingerprint density at radius 2 is 2.19 bits per heavy atom. The molecule has 88 valence electrons. The van der Waals surface area contributed by atoms with Gasteiger partial charge in [0.05, 0.1) is 6.10 Å². The van der Waals surface area contributed by atoms with Gasteiger partial charge in [0.15, 0.2) is 0 Å². The summed E-state index contributed by atoms with van der Waals surface area (Å²) in [7, 11) is 0. The van der Waals surface area contributed by atoms with Crippen LogP contribution in [-0.4, -0.2) is 23.8 Å². The summed E-state index contributed by atoms with van der Waals surface area (Å²) in [5.74, 6) is 0.536. The van der Waals surface area contributed by atoms with Gasteiger partial charge in [0.25, 0.3) is 0 Å². The van der Waals surface area contributed by atoms with Crippen LogP contribution in [0, 0.1) is 13.8 Å². The van der Waals surface area contributed by atoms with E-state index >= 15 is 0 Å². The first-order valence-corrected chi connectivity index (χ1v) is 5.20. The normalized spacial score (nSPS) is 12.0. The summed E-state index contributed by atoms with van der Waals surface area (Å²) in [6, 6.07) is 5.58. The van der Waals surface area contributed by atoms with E-state index in [9.17, 15) is 4.79 Å². The van der Waals surface area contributed by atoms with E-state index in [2.05, 4.69) is 5.32 Å². The van der Waals surface area contributed by atoms with Crippen LogP contribution >= 0.6 is 0 Å². The van der Waals surface area contributed by atoms with Gasteiger partial charge >= 0.3 is 6.09 Å². The molecule has 0 heterocycles. The molecule has 0 aliphatic rings. The van der Waals surface area contributed by atoms with Crippen molar-refractivity contribution in [2.24, 2.45) is 0 Å². The molecular weight excluding hydrogens is 206 g/mol. The van der Waals surface area contributed by atoms with Crippen molar-refractivity contribution in [1.29, 1.82) is 0 Å². The standard InChI is InChI=1S/C12H17NO3/c1-8-4-5-11(9(2)6-8)16-12(15)13-7-10(3)14/h4-6,10,14H,7H2,1-3H3,(H,13,15). The van der Waals surface area contributed by atoms with E-state index in [-0.39, 0.29) is 6.54 Å². The first-order valence-electron chi connectivity index (χ1n) is 5.20. The number of benzene rings is 1. The third kappa shape index (κ3) is 3.90. The molecule has 0 aliphatic carbocycles. The summed E-state index contributed by atoms with van der Waals surface area (Å²) in [6.45, 7) is 5.63. The van der Waals surface area contributed by atoms with Crippen LogP contribution in [0.2, 0.25) is 0 Å².